The predicted octanol–water partition coefficient (Wildman–Crippen LogP) is 5.14. The molecule has 1 aliphatic rings. The number of nitriles is 1. The molecule has 6 nitrogen and oxygen atoms in total. The SMILES string of the molecule is Cc1ccncc1-c1cc(C(F)(F)F)cc(C2(C(C)C)C(C#N)=C(N)Oc3n[nH]c(C)c32)c1. The zero-order valence-electron chi connectivity index (χ0n) is 18.5. The van der Waals surface area contributed by atoms with Crippen molar-refractivity contribution in [3.63, 3.8) is 0 Å². The number of aromatic amines is 1. The van der Waals surface area contributed by atoms with E-state index in [1.807, 2.05) is 13.8 Å². The highest BCUT2D eigenvalue weighted by atomic mass is 19.4. The molecule has 1 atom stereocenters. The van der Waals surface area contributed by atoms with Crippen molar-refractivity contribution in [1.29, 1.82) is 5.26 Å². The number of aryl methyl sites for hydroxylation is 2. The van der Waals surface area contributed by atoms with Crippen LogP contribution < -0.4 is 10.5 Å². The van der Waals surface area contributed by atoms with Crippen LogP contribution in [0.25, 0.3) is 11.1 Å². The first-order valence-corrected chi connectivity index (χ1v) is 10.3. The Kier molecular flexibility index (Phi) is 5.20. The predicted molar refractivity (Wildman–Crippen MR) is 116 cm³/mol. The van der Waals surface area contributed by atoms with Crippen LogP contribution in [0.1, 0.15) is 41.8 Å². The number of hydrogen-bond donors (Lipinski definition) is 2. The summed E-state index contributed by atoms with van der Waals surface area (Å²) in [7, 11) is 0. The second kappa shape index (κ2) is 7.66. The van der Waals surface area contributed by atoms with E-state index in [1.54, 1.807) is 32.2 Å². The van der Waals surface area contributed by atoms with Gasteiger partial charge in [0.1, 0.15) is 11.6 Å². The van der Waals surface area contributed by atoms with Gasteiger partial charge < -0.3 is 10.5 Å². The van der Waals surface area contributed by atoms with Crippen molar-refractivity contribution in [3.05, 3.63) is 76.1 Å². The zero-order valence-corrected chi connectivity index (χ0v) is 18.5. The van der Waals surface area contributed by atoms with Gasteiger partial charge in [-0.15, -0.1) is 5.10 Å². The Morgan fingerprint density at radius 1 is 1.21 bits per heavy atom. The van der Waals surface area contributed by atoms with Crippen LogP contribution in [0, 0.1) is 31.1 Å². The van der Waals surface area contributed by atoms with Gasteiger partial charge in [-0.1, -0.05) is 13.8 Å². The summed E-state index contributed by atoms with van der Waals surface area (Å²) in [5, 5.41) is 17.1. The topological polar surface area (TPSA) is 101 Å². The van der Waals surface area contributed by atoms with Crippen molar-refractivity contribution < 1.29 is 17.9 Å². The Bertz CT molecular complexity index is 1320. The van der Waals surface area contributed by atoms with E-state index < -0.39 is 17.2 Å². The molecule has 1 unspecified atom stereocenters. The summed E-state index contributed by atoms with van der Waals surface area (Å²) < 4.78 is 47.8. The molecule has 1 aliphatic heterocycles. The van der Waals surface area contributed by atoms with Crippen molar-refractivity contribution in [2.24, 2.45) is 11.7 Å². The molecule has 2 aromatic heterocycles. The minimum atomic E-state index is -4.61. The summed E-state index contributed by atoms with van der Waals surface area (Å²) in [5.74, 6) is -0.396. The zero-order chi connectivity index (χ0) is 24.1. The summed E-state index contributed by atoms with van der Waals surface area (Å²) in [5.41, 5.74) is 7.05. The lowest BCUT2D eigenvalue weighted by atomic mass is 9.61. The molecule has 9 heteroatoms. The molecule has 0 amide bonds. The first kappa shape index (κ1) is 22.4. The molecular formula is C24H22F3N5O. The lowest BCUT2D eigenvalue weighted by molar-refractivity contribution is -0.137. The van der Waals surface area contributed by atoms with E-state index in [0.29, 0.717) is 22.4 Å². The second-order valence-electron chi connectivity index (χ2n) is 8.43. The van der Waals surface area contributed by atoms with Gasteiger partial charge >= 0.3 is 6.18 Å². The Labute approximate surface area is 188 Å². The standard InChI is InChI=1S/C24H22F3N5O/c1-12(2)23(19(10-28)21(29)33-22-20(23)14(4)31-32-22)16-7-15(8-17(9-16)24(25,26)27)18-11-30-6-5-13(18)3/h5-9,11-12H,29H2,1-4H3,(H,31,32). The first-order chi connectivity index (χ1) is 15.5. The number of nitrogens with one attached hydrogen (secondary N) is 1. The molecule has 3 aromatic rings. The molecule has 0 aliphatic carbocycles. The Morgan fingerprint density at radius 3 is 2.55 bits per heavy atom. The second-order valence-corrected chi connectivity index (χ2v) is 8.43. The number of allylic oxidation sites excluding steroid dienone is 1. The van der Waals surface area contributed by atoms with Gasteiger partial charge in [-0.3, -0.25) is 10.1 Å². The summed E-state index contributed by atoms with van der Waals surface area (Å²) in [6.07, 6.45) is -1.50. The number of ether oxygens (including phenoxy) is 1. The van der Waals surface area contributed by atoms with Gasteiger partial charge in [0.05, 0.1) is 16.5 Å². The smallest absolute Gasteiger partial charge is 0.416 e. The number of fused-ring (bicyclic) bond motifs is 1. The van der Waals surface area contributed by atoms with E-state index in [1.165, 1.54) is 6.20 Å². The number of pyridine rings is 1. The van der Waals surface area contributed by atoms with Gasteiger partial charge in [0, 0.05) is 23.7 Å². The highest BCUT2D eigenvalue weighted by molar-refractivity contribution is 5.71. The van der Waals surface area contributed by atoms with Crippen molar-refractivity contribution in [2.45, 2.75) is 39.3 Å². The Morgan fingerprint density at radius 2 is 1.94 bits per heavy atom. The first-order valence-electron chi connectivity index (χ1n) is 10.3. The molecule has 0 saturated heterocycles. The molecule has 3 N–H and O–H groups in total. The van der Waals surface area contributed by atoms with Crippen LogP contribution in [-0.4, -0.2) is 15.2 Å². The third-order valence-electron chi connectivity index (χ3n) is 6.20. The fourth-order valence-electron chi connectivity index (χ4n) is 4.70. The number of rotatable bonds is 3. The minimum Gasteiger partial charge on any atom is -0.420 e. The fraction of sp³-hybridized carbons (Fsp3) is 0.292. The number of aromatic nitrogens is 3. The van der Waals surface area contributed by atoms with Gasteiger partial charge in [0.15, 0.2) is 0 Å². The molecule has 0 bridgehead atoms. The summed E-state index contributed by atoms with van der Waals surface area (Å²) in [4.78, 5) is 4.10. The van der Waals surface area contributed by atoms with Gasteiger partial charge in [0.25, 0.3) is 0 Å². The van der Waals surface area contributed by atoms with E-state index >= 15 is 0 Å². The quantitative estimate of drug-likeness (QED) is 0.572. The highest BCUT2D eigenvalue weighted by Gasteiger charge is 2.51. The number of hydrogen-bond acceptors (Lipinski definition) is 5. The molecule has 1 aromatic carbocycles. The van der Waals surface area contributed by atoms with Crippen molar-refractivity contribution in [3.8, 4) is 23.1 Å². The van der Waals surface area contributed by atoms with Crippen molar-refractivity contribution in [2.75, 3.05) is 0 Å². The minimum absolute atomic E-state index is 0.0442. The number of nitrogens with zero attached hydrogens (tertiary/aromatic N) is 3. The van der Waals surface area contributed by atoms with Gasteiger partial charge in [0.2, 0.25) is 11.8 Å². The van der Waals surface area contributed by atoms with E-state index in [0.717, 1.165) is 17.7 Å². The van der Waals surface area contributed by atoms with Crippen LogP contribution in [0.3, 0.4) is 0 Å². The normalized spacial score (nSPS) is 18.2. The molecular weight excluding hydrogens is 431 g/mol. The summed E-state index contributed by atoms with van der Waals surface area (Å²) in [6.45, 7) is 7.21. The number of H-pyrrole nitrogens is 1. The van der Waals surface area contributed by atoms with E-state index in [-0.39, 0.29) is 28.8 Å². The summed E-state index contributed by atoms with van der Waals surface area (Å²) >= 11 is 0. The van der Waals surface area contributed by atoms with Crippen LogP contribution in [0.2, 0.25) is 0 Å². The van der Waals surface area contributed by atoms with Gasteiger partial charge in [-0.25, -0.2) is 0 Å². The number of halogens is 3. The maximum atomic E-state index is 14.1. The van der Waals surface area contributed by atoms with Crippen LogP contribution >= 0.6 is 0 Å². The van der Waals surface area contributed by atoms with Crippen molar-refractivity contribution in [1.82, 2.24) is 15.2 Å². The molecule has 0 radical (unpaired) electrons. The average molecular weight is 453 g/mol. The molecule has 4 rings (SSSR count). The number of alkyl halides is 3. The van der Waals surface area contributed by atoms with Gasteiger partial charge in [-0.2, -0.15) is 18.4 Å². The van der Waals surface area contributed by atoms with Crippen LogP contribution in [0.15, 0.2) is 48.1 Å². The third-order valence-corrected chi connectivity index (χ3v) is 6.20. The lowest BCUT2D eigenvalue weighted by Crippen LogP contribution is -2.41. The molecule has 0 saturated carbocycles. The third kappa shape index (κ3) is 3.33. The van der Waals surface area contributed by atoms with Gasteiger partial charge in [-0.05, 0) is 60.7 Å². The Balaban J connectivity index is 2.16. The molecule has 33 heavy (non-hydrogen) atoms. The molecule has 0 fully saturated rings. The van der Waals surface area contributed by atoms with E-state index in [4.69, 9.17) is 10.5 Å². The van der Waals surface area contributed by atoms with Crippen molar-refractivity contribution >= 4 is 0 Å². The van der Waals surface area contributed by atoms with Crippen LogP contribution in [0.5, 0.6) is 5.88 Å². The van der Waals surface area contributed by atoms with Crippen LogP contribution in [0.4, 0.5) is 13.2 Å². The highest BCUT2D eigenvalue weighted by Crippen LogP contribution is 2.53. The Hall–Kier alpha value is -3.80. The molecule has 170 valence electrons. The largest absolute Gasteiger partial charge is 0.420 e. The molecule has 3 heterocycles. The van der Waals surface area contributed by atoms with Crippen LogP contribution in [-0.2, 0) is 11.6 Å². The number of nitrogens with two attached hydrogens (primary N) is 1. The molecule has 0 spiro atoms. The lowest BCUT2D eigenvalue weighted by Gasteiger charge is -2.41. The van der Waals surface area contributed by atoms with E-state index in [9.17, 15) is 18.4 Å². The average Bonchev–Trinajstić information content (AvgIpc) is 3.12. The maximum Gasteiger partial charge on any atom is 0.416 e. The fourth-order valence-corrected chi connectivity index (χ4v) is 4.70. The maximum absolute atomic E-state index is 14.1. The van der Waals surface area contributed by atoms with E-state index in [2.05, 4.69) is 21.3 Å². The number of benzene rings is 1. The monoisotopic (exact) mass is 453 g/mol. The summed E-state index contributed by atoms with van der Waals surface area (Å²) in [6, 6.07) is 7.70.